The molecule has 0 aliphatic heterocycles. The lowest BCUT2D eigenvalue weighted by atomic mass is 10.0. The van der Waals surface area contributed by atoms with E-state index in [0.29, 0.717) is 11.4 Å². The van der Waals surface area contributed by atoms with E-state index in [0.717, 1.165) is 18.4 Å². The number of benzene rings is 1. The predicted molar refractivity (Wildman–Crippen MR) is 64.8 cm³/mol. The van der Waals surface area contributed by atoms with Gasteiger partial charge < -0.3 is 11.5 Å². The highest BCUT2D eigenvalue weighted by Gasteiger charge is 2.09. The standard InChI is InChI=1S/C11H18N2O2S/c1-16(14,15)10-6-4-9(5-7-10)11(13)3-2-8-12/h4-7,11H,2-3,8,12-13H2,1H3. The zero-order chi connectivity index (χ0) is 12.2. The molecular formula is C11H18N2O2S. The fraction of sp³-hybridized carbons (Fsp3) is 0.455. The number of nitrogens with two attached hydrogens (primary N) is 2. The Morgan fingerprint density at radius 3 is 2.25 bits per heavy atom. The van der Waals surface area contributed by atoms with Crippen LogP contribution in [0.1, 0.15) is 24.4 Å². The summed E-state index contributed by atoms with van der Waals surface area (Å²) in [6.07, 6.45) is 2.88. The van der Waals surface area contributed by atoms with Gasteiger partial charge in [0, 0.05) is 12.3 Å². The van der Waals surface area contributed by atoms with Crippen molar-refractivity contribution >= 4 is 9.84 Å². The molecule has 0 amide bonds. The summed E-state index contributed by atoms with van der Waals surface area (Å²) < 4.78 is 22.5. The second-order valence-corrected chi connectivity index (χ2v) is 5.89. The predicted octanol–water partition coefficient (Wildman–Crippen LogP) is 0.829. The maximum Gasteiger partial charge on any atom is 0.175 e. The minimum Gasteiger partial charge on any atom is -0.330 e. The van der Waals surface area contributed by atoms with E-state index in [-0.39, 0.29) is 6.04 Å². The van der Waals surface area contributed by atoms with Gasteiger partial charge >= 0.3 is 0 Å². The first kappa shape index (κ1) is 13.2. The zero-order valence-electron chi connectivity index (χ0n) is 9.39. The van der Waals surface area contributed by atoms with Crippen molar-refractivity contribution in [3.63, 3.8) is 0 Å². The largest absolute Gasteiger partial charge is 0.330 e. The molecule has 0 spiro atoms. The van der Waals surface area contributed by atoms with E-state index in [2.05, 4.69) is 0 Å². The molecule has 16 heavy (non-hydrogen) atoms. The molecule has 5 heteroatoms. The quantitative estimate of drug-likeness (QED) is 0.800. The van der Waals surface area contributed by atoms with Gasteiger partial charge in [0.2, 0.25) is 0 Å². The number of sulfone groups is 1. The smallest absolute Gasteiger partial charge is 0.175 e. The lowest BCUT2D eigenvalue weighted by Gasteiger charge is -2.11. The summed E-state index contributed by atoms with van der Waals surface area (Å²) >= 11 is 0. The summed E-state index contributed by atoms with van der Waals surface area (Å²) in [5, 5.41) is 0. The Balaban J connectivity index is 2.79. The van der Waals surface area contributed by atoms with Gasteiger partial charge in [-0.2, -0.15) is 0 Å². The number of hydrogen-bond acceptors (Lipinski definition) is 4. The third-order valence-corrected chi connectivity index (χ3v) is 3.58. The van der Waals surface area contributed by atoms with Crippen molar-refractivity contribution in [3.8, 4) is 0 Å². The van der Waals surface area contributed by atoms with Crippen molar-refractivity contribution in [1.29, 1.82) is 0 Å². The zero-order valence-corrected chi connectivity index (χ0v) is 10.2. The first-order chi connectivity index (χ1) is 7.45. The van der Waals surface area contributed by atoms with E-state index in [1.165, 1.54) is 6.26 Å². The van der Waals surface area contributed by atoms with Gasteiger partial charge in [0.25, 0.3) is 0 Å². The van der Waals surface area contributed by atoms with Gasteiger partial charge in [-0.1, -0.05) is 12.1 Å². The average molecular weight is 242 g/mol. The van der Waals surface area contributed by atoms with Crippen LogP contribution in [0, 0.1) is 0 Å². The molecule has 0 aliphatic carbocycles. The Hall–Kier alpha value is -0.910. The summed E-state index contributed by atoms with van der Waals surface area (Å²) in [5.74, 6) is 0. The SMILES string of the molecule is CS(=O)(=O)c1ccc(C(N)CCCN)cc1. The fourth-order valence-corrected chi connectivity index (χ4v) is 2.10. The molecule has 4 nitrogen and oxygen atoms in total. The summed E-state index contributed by atoms with van der Waals surface area (Å²) in [5.41, 5.74) is 12.3. The van der Waals surface area contributed by atoms with Crippen molar-refractivity contribution in [2.24, 2.45) is 11.5 Å². The monoisotopic (exact) mass is 242 g/mol. The Labute approximate surface area is 96.6 Å². The van der Waals surface area contributed by atoms with Crippen LogP contribution >= 0.6 is 0 Å². The molecule has 0 saturated carbocycles. The molecule has 1 rings (SSSR count). The van der Waals surface area contributed by atoms with Gasteiger partial charge in [-0.05, 0) is 37.1 Å². The lowest BCUT2D eigenvalue weighted by molar-refractivity contribution is 0.601. The molecule has 0 saturated heterocycles. The van der Waals surface area contributed by atoms with Crippen LogP contribution in [0.5, 0.6) is 0 Å². The van der Waals surface area contributed by atoms with E-state index >= 15 is 0 Å². The minimum atomic E-state index is -3.12. The molecule has 4 N–H and O–H groups in total. The van der Waals surface area contributed by atoms with Crippen molar-refractivity contribution < 1.29 is 8.42 Å². The highest BCUT2D eigenvalue weighted by molar-refractivity contribution is 7.90. The summed E-state index contributed by atoms with van der Waals surface area (Å²) in [7, 11) is -3.12. The van der Waals surface area contributed by atoms with Gasteiger partial charge in [-0.15, -0.1) is 0 Å². The molecule has 1 aromatic rings. The molecule has 0 heterocycles. The second-order valence-electron chi connectivity index (χ2n) is 3.88. The molecule has 0 fully saturated rings. The highest BCUT2D eigenvalue weighted by Crippen LogP contribution is 2.18. The Kier molecular flexibility index (Phi) is 4.46. The third kappa shape index (κ3) is 3.59. The molecule has 0 radical (unpaired) electrons. The minimum absolute atomic E-state index is 0.0721. The van der Waals surface area contributed by atoms with Crippen LogP contribution in [0.3, 0.4) is 0 Å². The van der Waals surface area contributed by atoms with Crippen LogP contribution in [0.4, 0.5) is 0 Å². The van der Waals surface area contributed by atoms with Gasteiger partial charge in [0.15, 0.2) is 9.84 Å². The van der Waals surface area contributed by atoms with Crippen molar-refractivity contribution in [2.45, 2.75) is 23.8 Å². The van der Waals surface area contributed by atoms with E-state index in [1.54, 1.807) is 24.3 Å². The molecule has 90 valence electrons. The Bertz CT molecular complexity index is 426. The Morgan fingerprint density at radius 1 is 1.25 bits per heavy atom. The van der Waals surface area contributed by atoms with Crippen LogP contribution in [-0.4, -0.2) is 21.2 Å². The van der Waals surface area contributed by atoms with Crippen molar-refractivity contribution in [3.05, 3.63) is 29.8 Å². The molecule has 1 unspecified atom stereocenters. The Morgan fingerprint density at radius 2 is 1.81 bits per heavy atom. The molecular weight excluding hydrogens is 224 g/mol. The van der Waals surface area contributed by atoms with E-state index in [9.17, 15) is 8.42 Å². The lowest BCUT2D eigenvalue weighted by Crippen LogP contribution is -2.12. The average Bonchev–Trinajstić information content (AvgIpc) is 2.25. The van der Waals surface area contributed by atoms with E-state index in [4.69, 9.17) is 11.5 Å². The second kappa shape index (κ2) is 5.43. The first-order valence-corrected chi connectivity index (χ1v) is 7.10. The van der Waals surface area contributed by atoms with Crippen LogP contribution in [0.25, 0.3) is 0 Å². The number of hydrogen-bond donors (Lipinski definition) is 2. The van der Waals surface area contributed by atoms with Crippen LogP contribution in [-0.2, 0) is 9.84 Å². The summed E-state index contributed by atoms with van der Waals surface area (Å²) in [6, 6.07) is 6.63. The number of rotatable bonds is 5. The van der Waals surface area contributed by atoms with Crippen LogP contribution < -0.4 is 11.5 Å². The summed E-state index contributed by atoms with van der Waals surface area (Å²) in [6.45, 7) is 0.620. The first-order valence-electron chi connectivity index (χ1n) is 5.21. The summed E-state index contributed by atoms with van der Waals surface area (Å²) in [4.78, 5) is 0.322. The van der Waals surface area contributed by atoms with Gasteiger partial charge in [0.1, 0.15) is 0 Å². The van der Waals surface area contributed by atoms with Crippen molar-refractivity contribution in [1.82, 2.24) is 0 Å². The van der Waals surface area contributed by atoms with Gasteiger partial charge in [-0.25, -0.2) is 8.42 Å². The van der Waals surface area contributed by atoms with E-state index in [1.807, 2.05) is 0 Å². The topological polar surface area (TPSA) is 86.2 Å². The van der Waals surface area contributed by atoms with Crippen molar-refractivity contribution in [2.75, 3.05) is 12.8 Å². The van der Waals surface area contributed by atoms with Crippen LogP contribution in [0.2, 0.25) is 0 Å². The molecule has 0 aliphatic rings. The molecule has 1 aromatic carbocycles. The maximum absolute atomic E-state index is 11.2. The molecule has 0 bridgehead atoms. The highest BCUT2D eigenvalue weighted by atomic mass is 32.2. The van der Waals surface area contributed by atoms with Gasteiger partial charge in [0.05, 0.1) is 4.90 Å². The maximum atomic E-state index is 11.2. The normalized spacial score (nSPS) is 13.7. The third-order valence-electron chi connectivity index (χ3n) is 2.46. The molecule has 0 aromatic heterocycles. The van der Waals surface area contributed by atoms with E-state index < -0.39 is 9.84 Å². The van der Waals surface area contributed by atoms with Gasteiger partial charge in [-0.3, -0.25) is 0 Å². The fourth-order valence-electron chi connectivity index (χ4n) is 1.47. The van der Waals surface area contributed by atoms with Crippen LogP contribution in [0.15, 0.2) is 29.2 Å². The molecule has 1 atom stereocenters.